The van der Waals surface area contributed by atoms with E-state index in [4.69, 9.17) is 15.0 Å². The van der Waals surface area contributed by atoms with Gasteiger partial charge in [0.2, 0.25) is 0 Å². The van der Waals surface area contributed by atoms with E-state index in [0.717, 1.165) is 38.9 Å². The maximum absolute atomic E-state index is 5.03. The Balaban J connectivity index is 1.09. The van der Waals surface area contributed by atoms with Crippen molar-refractivity contribution < 1.29 is 0 Å². The first-order valence-corrected chi connectivity index (χ1v) is 17.3. The maximum atomic E-state index is 5.03. The van der Waals surface area contributed by atoms with Crippen LogP contribution in [0.25, 0.3) is 78.7 Å². The Morgan fingerprint density at radius 3 is 1.53 bits per heavy atom. The molecular weight excluding hydrogens is 621 g/mol. The van der Waals surface area contributed by atoms with Crippen molar-refractivity contribution in [2.45, 2.75) is 19.3 Å². The van der Waals surface area contributed by atoms with Crippen LogP contribution in [0.5, 0.6) is 0 Å². The molecule has 0 radical (unpaired) electrons. The third kappa shape index (κ3) is 5.61. The first kappa shape index (κ1) is 30.5. The highest BCUT2D eigenvalue weighted by Crippen LogP contribution is 2.49. The first-order chi connectivity index (χ1) is 25.0. The molecule has 242 valence electrons. The molecule has 0 saturated carbocycles. The molecule has 0 N–H and O–H groups in total. The third-order valence-corrected chi connectivity index (χ3v) is 10.0. The molecule has 0 aliphatic heterocycles. The lowest BCUT2D eigenvalue weighted by atomic mass is 9.82. The quantitative estimate of drug-likeness (QED) is 0.179. The first-order valence-electron chi connectivity index (χ1n) is 17.3. The summed E-state index contributed by atoms with van der Waals surface area (Å²) in [5.41, 5.74) is 15.0. The highest BCUT2D eigenvalue weighted by atomic mass is 15.0. The van der Waals surface area contributed by atoms with E-state index in [2.05, 4.69) is 140 Å². The molecule has 51 heavy (non-hydrogen) atoms. The molecule has 1 aliphatic carbocycles. The van der Waals surface area contributed by atoms with Crippen LogP contribution in [0.1, 0.15) is 25.0 Å². The minimum absolute atomic E-state index is 0.00859. The van der Waals surface area contributed by atoms with Gasteiger partial charge in [-0.25, -0.2) is 15.0 Å². The topological polar surface area (TPSA) is 51.6 Å². The van der Waals surface area contributed by atoms with Gasteiger partial charge in [0.15, 0.2) is 17.5 Å². The van der Waals surface area contributed by atoms with Crippen LogP contribution in [0.15, 0.2) is 170 Å². The number of rotatable bonds is 6. The smallest absolute Gasteiger partial charge is 0.164 e. The lowest BCUT2D eigenvalue weighted by Crippen LogP contribution is -2.14. The van der Waals surface area contributed by atoms with Gasteiger partial charge in [0.1, 0.15) is 0 Å². The molecule has 9 rings (SSSR count). The lowest BCUT2D eigenvalue weighted by Gasteiger charge is -2.21. The van der Waals surface area contributed by atoms with E-state index < -0.39 is 0 Å². The Morgan fingerprint density at radius 2 is 0.843 bits per heavy atom. The molecule has 0 atom stereocenters. The van der Waals surface area contributed by atoms with Crippen LogP contribution in [-0.4, -0.2) is 19.9 Å². The van der Waals surface area contributed by atoms with E-state index in [0.29, 0.717) is 17.5 Å². The van der Waals surface area contributed by atoms with Crippen molar-refractivity contribution in [3.8, 4) is 78.7 Å². The minimum atomic E-state index is -0.00859. The average Bonchev–Trinajstić information content (AvgIpc) is 3.44. The van der Waals surface area contributed by atoms with Gasteiger partial charge in [0, 0.05) is 34.5 Å². The molecule has 0 fully saturated rings. The normalized spacial score (nSPS) is 12.7. The largest absolute Gasteiger partial charge is 0.264 e. The number of hydrogen-bond acceptors (Lipinski definition) is 4. The van der Waals surface area contributed by atoms with E-state index >= 15 is 0 Å². The molecule has 1 aliphatic rings. The molecule has 0 amide bonds. The monoisotopic (exact) mass is 654 g/mol. The van der Waals surface area contributed by atoms with Crippen molar-refractivity contribution in [2.75, 3.05) is 0 Å². The van der Waals surface area contributed by atoms with Gasteiger partial charge in [-0.2, -0.15) is 0 Å². The van der Waals surface area contributed by atoms with Crippen LogP contribution >= 0.6 is 0 Å². The maximum Gasteiger partial charge on any atom is 0.164 e. The highest BCUT2D eigenvalue weighted by Gasteiger charge is 2.35. The van der Waals surface area contributed by atoms with Gasteiger partial charge in [-0.15, -0.1) is 0 Å². The van der Waals surface area contributed by atoms with E-state index in [-0.39, 0.29) is 5.41 Å². The summed E-state index contributed by atoms with van der Waals surface area (Å²) in [6.07, 6.45) is 3.66. The van der Waals surface area contributed by atoms with Gasteiger partial charge < -0.3 is 0 Å². The number of aromatic nitrogens is 4. The standard InChI is InChI=1S/C47H34N4/c1-47(2)42-19-7-6-18-40(42)41-29-37(24-25-43(41)47)35-14-8-13-34(27-35)36-15-9-16-38(28-36)46-50-44(32-11-4-3-5-12-32)49-45(51-46)33-22-20-31(21-23-33)39-17-10-26-48-30-39/h3-30H,1-2H3. The zero-order valence-corrected chi connectivity index (χ0v) is 28.5. The summed E-state index contributed by atoms with van der Waals surface area (Å²) in [4.78, 5) is 19.2. The predicted octanol–water partition coefficient (Wildman–Crippen LogP) is 11.6. The second-order valence-electron chi connectivity index (χ2n) is 13.6. The lowest BCUT2D eigenvalue weighted by molar-refractivity contribution is 0.660. The zero-order valence-electron chi connectivity index (χ0n) is 28.5. The number of nitrogens with zero attached hydrogens (tertiary/aromatic N) is 4. The Bertz CT molecular complexity index is 2540. The van der Waals surface area contributed by atoms with E-state index in [9.17, 15) is 0 Å². The highest BCUT2D eigenvalue weighted by molar-refractivity contribution is 5.85. The average molecular weight is 655 g/mol. The van der Waals surface area contributed by atoms with Crippen molar-refractivity contribution in [3.05, 3.63) is 181 Å². The molecule has 8 aromatic rings. The summed E-state index contributed by atoms with van der Waals surface area (Å²) in [6, 6.07) is 55.5. The molecule has 0 saturated heterocycles. The second-order valence-corrected chi connectivity index (χ2v) is 13.6. The van der Waals surface area contributed by atoms with Crippen molar-refractivity contribution in [2.24, 2.45) is 0 Å². The zero-order chi connectivity index (χ0) is 34.4. The Kier molecular flexibility index (Phi) is 7.44. The summed E-state index contributed by atoms with van der Waals surface area (Å²) >= 11 is 0. The van der Waals surface area contributed by atoms with Crippen LogP contribution in [-0.2, 0) is 5.41 Å². The summed E-state index contributed by atoms with van der Waals surface area (Å²) in [7, 11) is 0. The molecular formula is C47H34N4. The third-order valence-electron chi connectivity index (χ3n) is 10.0. The van der Waals surface area contributed by atoms with Gasteiger partial charge in [-0.05, 0) is 79.9 Å². The predicted molar refractivity (Wildman–Crippen MR) is 208 cm³/mol. The van der Waals surface area contributed by atoms with Crippen LogP contribution in [0, 0.1) is 0 Å². The molecule has 4 heteroatoms. The van der Waals surface area contributed by atoms with Crippen LogP contribution in [0.3, 0.4) is 0 Å². The second kappa shape index (κ2) is 12.4. The van der Waals surface area contributed by atoms with Gasteiger partial charge >= 0.3 is 0 Å². The molecule has 4 nitrogen and oxygen atoms in total. The Hall–Kier alpha value is -6.52. The van der Waals surface area contributed by atoms with Crippen molar-refractivity contribution >= 4 is 0 Å². The summed E-state index contributed by atoms with van der Waals surface area (Å²) in [5.74, 6) is 1.90. The summed E-state index contributed by atoms with van der Waals surface area (Å²) in [5, 5.41) is 0. The van der Waals surface area contributed by atoms with Crippen LogP contribution < -0.4 is 0 Å². The van der Waals surface area contributed by atoms with Gasteiger partial charge in [-0.3, -0.25) is 4.98 Å². The van der Waals surface area contributed by atoms with Crippen molar-refractivity contribution in [1.82, 2.24) is 19.9 Å². The molecule has 0 spiro atoms. The van der Waals surface area contributed by atoms with Crippen molar-refractivity contribution in [1.29, 1.82) is 0 Å². The fourth-order valence-electron chi connectivity index (χ4n) is 7.31. The van der Waals surface area contributed by atoms with E-state index in [1.165, 1.54) is 33.4 Å². The van der Waals surface area contributed by atoms with E-state index in [1.54, 1.807) is 6.20 Å². The van der Waals surface area contributed by atoms with E-state index in [1.807, 2.05) is 42.6 Å². The van der Waals surface area contributed by atoms with Gasteiger partial charge in [0.05, 0.1) is 0 Å². The summed E-state index contributed by atoms with van der Waals surface area (Å²) in [6.45, 7) is 4.64. The van der Waals surface area contributed by atoms with Crippen LogP contribution in [0.4, 0.5) is 0 Å². The Morgan fingerprint density at radius 1 is 0.353 bits per heavy atom. The number of benzene rings is 6. The number of hydrogen-bond donors (Lipinski definition) is 0. The molecule has 0 bridgehead atoms. The minimum Gasteiger partial charge on any atom is -0.264 e. The SMILES string of the molecule is CC1(C)c2ccccc2-c2cc(-c3cccc(-c4cccc(-c5nc(-c6ccccc6)nc(-c6ccc(-c7cccnc7)cc6)n5)c4)c3)ccc21. The molecule has 6 aromatic carbocycles. The fourth-order valence-corrected chi connectivity index (χ4v) is 7.31. The fraction of sp³-hybridized carbons (Fsp3) is 0.0638. The Labute approximate surface area is 298 Å². The number of fused-ring (bicyclic) bond motifs is 3. The molecule has 2 heterocycles. The van der Waals surface area contributed by atoms with Crippen molar-refractivity contribution in [3.63, 3.8) is 0 Å². The molecule has 0 unspecified atom stereocenters. The van der Waals surface area contributed by atoms with Gasteiger partial charge in [0.25, 0.3) is 0 Å². The summed E-state index contributed by atoms with van der Waals surface area (Å²) < 4.78 is 0. The number of pyridine rings is 1. The van der Waals surface area contributed by atoms with Gasteiger partial charge in [-0.1, -0.05) is 147 Å². The van der Waals surface area contributed by atoms with Crippen LogP contribution in [0.2, 0.25) is 0 Å². The molecule has 2 aromatic heterocycles.